The lowest BCUT2D eigenvalue weighted by atomic mass is 10.2. The highest BCUT2D eigenvalue weighted by atomic mass is 79.9. The molecule has 2 aromatic carbocycles. The Hall–Kier alpha value is -2.14. The minimum absolute atomic E-state index is 0.324. The second kappa shape index (κ2) is 7.75. The molecule has 0 spiro atoms. The molecule has 2 rings (SSSR count). The van der Waals surface area contributed by atoms with Crippen molar-refractivity contribution in [1.29, 1.82) is 0 Å². The summed E-state index contributed by atoms with van der Waals surface area (Å²) in [6.07, 6.45) is 1.74. The molecule has 0 unspecified atom stereocenters. The molecule has 0 amide bonds. The first-order valence-electron chi connectivity index (χ1n) is 6.78. The summed E-state index contributed by atoms with van der Waals surface area (Å²) >= 11 is 3.43. The number of nitrogens with zero attached hydrogens (tertiary/aromatic N) is 1. The largest absolute Gasteiger partial charge is 0.497 e. The summed E-state index contributed by atoms with van der Waals surface area (Å²) in [5.41, 5.74) is 2.19. The van der Waals surface area contributed by atoms with Gasteiger partial charge in [-0.15, -0.1) is 0 Å². The fourth-order valence-corrected chi connectivity index (χ4v) is 2.31. The first-order valence-corrected chi connectivity index (χ1v) is 7.57. The lowest BCUT2D eigenvalue weighted by Gasteiger charge is -2.03. The lowest BCUT2D eigenvalue weighted by Crippen LogP contribution is -2.03. The van der Waals surface area contributed by atoms with Crippen LogP contribution in [0.15, 0.2) is 51.9 Å². The summed E-state index contributed by atoms with van der Waals surface area (Å²) in [4.78, 5) is 15.9. The molecule has 0 fully saturated rings. The monoisotopic (exact) mass is 361 g/mol. The molecule has 5 heteroatoms. The van der Waals surface area contributed by atoms with Crippen LogP contribution in [0.5, 0.6) is 5.75 Å². The summed E-state index contributed by atoms with van der Waals surface area (Å²) in [6.45, 7) is 2.15. The Morgan fingerprint density at radius 3 is 2.59 bits per heavy atom. The number of ether oxygens (including phenoxy) is 2. The second-order valence-corrected chi connectivity index (χ2v) is 5.37. The van der Waals surface area contributed by atoms with Crippen LogP contribution in [0.2, 0.25) is 0 Å². The molecule has 0 aliphatic rings. The quantitative estimate of drug-likeness (QED) is 0.586. The third-order valence-electron chi connectivity index (χ3n) is 2.87. The number of aliphatic imine (C=N–C) groups is 1. The van der Waals surface area contributed by atoms with E-state index in [1.165, 1.54) is 0 Å². The molecule has 0 saturated carbocycles. The van der Waals surface area contributed by atoms with Crippen LogP contribution < -0.4 is 4.74 Å². The van der Waals surface area contributed by atoms with Crippen LogP contribution in [0.25, 0.3) is 0 Å². The van der Waals surface area contributed by atoms with Gasteiger partial charge < -0.3 is 9.47 Å². The highest BCUT2D eigenvalue weighted by Gasteiger charge is 2.05. The van der Waals surface area contributed by atoms with Gasteiger partial charge in [0, 0.05) is 10.7 Å². The van der Waals surface area contributed by atoms with Crippen LogP contribution in [0.1, 0.15) is 22.8 Å². The van der Waals surface area contributed by atoms with E-state index in [4.69, 9.17) is 9.47 Å². The molecule has 0 heterocycles. The molecule has 0 bridgehead atoms. The first kappa shape index (κ1) is 16.2. The molecule has 0 radical (unpaired) electrons. The molecule has 114 valence electrons. The number of halogens is 1. The van der Waals surface area contributed by atoms with Crippen molar-refractivity contribution < 1.29 is 14.3 Å². The Morgan fingerprint density at radius 1 is 1.23 bits per heavy atom. The number of benzene rings is 2. The van der Waals surface area contributed by atoms with E-state index in [1.54, 1.807) is 44.5 Å². The van der Waals surface area contributed by atoms with Gasteiger partial charge in [-0.3, -0.25) is 4.99 Å². The summed E-state index contributed by atoms with van der Waals surface area (Å²) in [7, 11) is 1.62. The number of hydrogen-bond acceptors (Lipinski definition) is 4. The SMILES string of the molecule is CCOC(=O)c1ccc(N=Cc2cc(Br)cc(OC)c2)cc1. The lowest BCUT2D eigenvalue weighted by molar-refractivity contribution is 0.0526. The van der Waals surface area contributed by atoms with E-state index in [2.05, 4.69) is 20.9 Å². The number of carbonyl (C=O) groups is 1. The van der Waals surface area contributed by atoms with E-state index < -0.39 is 0 Å². The van der Waals surface area contributed by atoms with Crippen LogP contribution in [0, 0.1) is 0 Å². The Balaban J connectivity index is 2.13. The third kappa shape index (κ3) is 4.43. The van der Waals surface area contributed by atoms with Gasteiger partial charge in [-0.25, -0.2) is 4.79 Å². The van der Waals surface area contributed by atoms with Gasteiger partial charge in [-0.05, 0) is 55.0 Å². The number of hydrogen-bond donors (Lipinski definition) is 0. The Kier molecular flexibility index (Phi) is 5.72. The summed E-state index contributed by atoms with van der Waals surface area (Å²) < 4.78 is 11.1. The molecule has 0 saturated heterocycles. The van der Waals surface area contributed by atoms with Gasteiger partial charge in [0.2, 0.25) is 0 Å². The van der Waals surface area contributed by atoms with E-state index in [0.29, 0.717) is 12.2 Å². The topological polar surface area (TPSA) is 47.9 Å². The van der Waals surface area contributed by atoms with Crippen molar-refractivity contribution in [2.45, 2.75) is 6.92 Å². The molecule has 0 aliphatic heterocycles. The van der Waals surface area contributed by atoms with Crippen LogP contribution in [-0.4, -0.2) is 25.9 Å². The van der Waals surface area contributed by atoms with Gasteiger partial charge in [0.1, 0.15) is 5.75 Å². The molecule has 4 nitrogen and oxygen atoms in total. The highest BCUT2D eigenvalue weighted by molar-refractivity contribution is 9.10. The van der Waals surface area contributed by atoms with Crippen LogP contribution in [0.3, 0.4) is 0 Å². The summed E-state index contributed by atoms with van der Waals surface area (Å²) in [6, 6.07) is 12.7. The fraction of sp³-hybridized carbons (Fsp3) is 0.176. The van der Waals surface area contributed by atoms with Crippen molar-refractivity contribution in [2.24, 2.45) is 4.99 Å². The molecule has 0 aliphatic carbocycles. The van der Waals surface area contributed by atoms with Gasteiger partial charge in [0.15, 0.2) is 0 Å². The van der Waals surface area contributed by atoms with Gasteiger partial charge in [0.05, 0.1) is 25.0 Å². The van der Waals surface area contributed by atoms with Crippen molar-refractivity contribution in [2.75, 3.05) is 13.7 Å². The molecule has 0 atom stereocenters. The zero-order valence-corrected chi connectivity index (χ0v) is 14.0. The number of methoxy groups -OCH3 is 1. The Morgan fingerprint density at radius 2 is 1.95 bits per heavy atom. The van der Waals surface area contributed by atoms with E-state index in [1.807, 2.05) is 18.2 Å². The predicted molar refractivity (Wildman–Crippen MR) is 90.3 cm³/mol. The van der Waals surface area contributed by atoms with Gasteiger partial charge in [-0.1, -0.05) is 15.9 Å². The van der Waals surface area contributed by atoms with Gasteiger partial charge in [-0.2, -0.15) is 0 Å². The standard InChI is InChI=1S/C17H16BrNO3/c1-3-22-17(20)13-4-6-15(7-5-13)19-11-12-8-14(18)10-16(9-12)21-2/h4-11H,3H2,1-2H3. The van der Waals surface area contributed by atoms with E-state index in [-0.39, 0.29) is 5.97 Å². The summed E-state index contributed by atoms with van der Waals surface area (Å²) in [5, 5.41) is 0. The molecular formula is C17H16BrNO3. The zero-order valence-electron chi connectivity index (χ0n) is 12.4. The summed E-state index contributed by atoms with van der Waals surface area (Å²) in [5.74, 6) is 0.434. The van der Waals surface area contributed by atoms with Crippen molar-refractivity contribution in [3.63, 3.8) is 0 Å². The number of carbonyl (C=O) groups excluding carboxylic acids is 1. The Bertz CT molecular complexity index is 681. The van der Waals surface area contributed by atoms with Crippen molar-refractivity contribution in [3.05, 3.63) is 58.1 Å². The van der Waals surface area contributed by atoms with E-state index in [9.17, 15) is 4.79 Å². The third-order valence-corrected chi connectivity index (χ3v) is 3.33. The normalized spacial score (nSPS) is 10.7. The van der Waals surface area contributed by atoms with Crippen LogP contribution in [0.4, 0.5) is 5.69 Å². The van der Waals surface area contributed by atoms with Gasteiger partial charge >= 0.3 is 5.97 Å². The maximum Gasteiger partial charge on any atom is 0.338 e. The number of rotatable bonds is 5. The minimum Gasteiger partial charge on any atom is -0.497 e. The molecule has 0 aromatic heterocycles. The molecule has 2 aromatic rings. The van der Waals surface area contributed by atoms with Crippen molar-refractivity contribution >= 4 is 33.8 Å². The van der Waals surface area contributed by atoms with Crippen molar-refractivity contribution in [1.82, 2.24) is 0 Å². The smallest absolute Gasteiger partial charge is 0.338 e. The average molecular weight is 362 g/mol. The van der Waals surface area contributed by atoms with Crippen LogP contribution >= 0.6 is 15.9 Å². The molecule has 22 heavy (non-hydrogen) atoms. The predicted octanol–water partition coefficient (Wildman–Crippen LogP) is 4.39. The first-order chi connectivity index (χ1) is 10.6. The van der Waals surface area contributed by atoms with Crippen molar-refractivity contribution in [3.8, 4) is 5.75 Å². The zero-order chi connectivity index (χ0) is 15.9. The fourth-order valence-electron chi connectivity index (χ4n) is 1.82. The maximum atomic E-state index is 11.6. The Labute approximate surface area is 137 Å². The number of esters is 1. The van der Waals surface area contributed by atoms with E-state index in [0.717, 1.165) is 21.5 Å². The van der Waals surface area contributed by atoms with E-state index >= 15 is 0 Å². The minimum atomic E-state index is -0.324. The maximum absolute atomic E-state index is 11.6. The molecular weight excluding hydrogens is 346 g/mol. The highest BCUT2D eigenvalue weighted by Crippen LogP contribution is 2.21. The molecule has 0 N–H and O–H groups in total. The average Bonchev–Trinajstić information content (AvgIpc) is 2.53. The van der Waals surface area contributed by atoms with Crippen LogP contribution in [-0.2, 0) is 4.74 Å². The second-order valence-electron chi connectivity index (χ2n) is 4.45. The van der Waals surface area contributed by atoms with Gasteiger partial charge in [0.25, 0.3) is 0 Å².